The van der Waals surface area contributed by atoms with E-state index in [1.54, 1.807) is 7.05 Å². The third-order valence-electron chi connectivity index (χ3n) is 7.27. The van der Waals surface area contributed by atoms with Crippen molar-refractivity contribution in [3.8, 4) is 11.3 Å². The van der Waals surface area contributed by atoms with Crippen LogP contribution in [0.2, 0.25) is 0 Å². The van der Waals surface area contributed by atoms with E-state index in [2.05, 4.69) is 39.7 Å². The highest BCUT2D eigenvalue weighted by Gasteiger charge is 2.29. The number of halogens is 1. The molecule has 192 valence electrons. The zero-order chi connectivity index (χ0) is 25.5. The normalized spacial score (nSPS) is 16.9. The Labute approximate surface area is 213 Å². The maximum atomic E-state index is 13.6. The summed E-state index contributed by atoms with van der Waals surface area (Å²) < 4.78 is 13.6. The van der Waals surface area contributed by atoms with Crippen LogP contribution in [0.3, 0.4) is 0 Å². The molecule has 0 atom stereocenters. The molecule has 0 saturated heterocycles. The summed E-state index contributed by atoms with van der Waals surface area (Å²) in [4.78, 5) is 15.6. The first kappa shape index (κ1) is 25.9. The fourth-order valence-corrected chi connectivity index (χ4v) is 5.14. The molecule has 7 heteroatoms. The summed E-state index contributed by atoms with van der Waals surface area (Å²) in [5, 5.41) is 13.4. The predicted molar refractivity (Wildman–Crippen MR) is 142 cm³/mol. The largest absolute Gasteiger partial charge is 0.373 e. The summed E-state index contributed by atoms with van der Waals surface area (Å²) in [6, 6.07) is 13.4. The van der Waals surface area contributed by atoms with Gasteiger partial charge in [-0.3, -0.25) is 9.89 Å². The minimum Gasteiger partial charge on any atom is -0.373 e. The van der Waals surface area contributed by atoms with Gasteiger partial charge >= 0.3 is 0 Å². The van der Waals surface area contributed by atoms with Crippen LogP contribution in [-0.4, -0.2) is 28.1 Å². The predicted octanol–water partition coefficient (Wildman–Crippen LogP) is 6.05. The van der Waals surface area contributed by atoms with Gasteiger partial charge in [0.15, 0.2) is 0 Å². The van der Waals surface area contributed by atoms with E-state index in [-0.39, 0.29) is 11.8 Å². The van der Waals surface area contributed by atoms with Crippen LogP contribution in [0.1, 0.15) is 69.2 Å². The third kappa shape index (κ3) is 6.71. The molecule has 36 heavy (non-hydrogen) atoms. The maximum Gasteiger partial charge on any atom is 0.223 e. The fraction of sp³-hybridized carbons (Fsp3) is 0.483. The lowest BCUT2D eigenvalue weighted by Crippen LogP contribution is -2.31. The second kappa shape index (κ2) is 11.7. The fourth-order valence-electron chi connectivity index (χ4n) is 5.14. The van der Waals surface area contributed by atoms with E-state index in [0.29, 0.717) is 17.8 Å². The molecule has 0 unspecified atom stereocenters. The Morgan fingerprint density at radius 1 is 1.14 bits per heavy atom. The van der Waals surface area contributed by atoms with E-state index in [0.717, 1.165) is 43.4 Å². The van der Waals surface area contributed by atoms with Crippen molar-refractivity contribution in [1.29, 1.82) is 0 Å². The van der Waals surface area contributed by atoms with Crippen LogP contribution >= 0.6 is 0 Å². The molecule has 0 radical (unpaired) electrons. The first-order valence-corrected chi connectivity index (χ1v) is 13.1. The first-order chi connectivity index (χ1) is 17.3. The number of nitrogens with one attached hydrogen (secondary N) is 3. The van der Waals surface area contributed by atoms with E-state index in [1.807, 2.05) is 36.4 Å². The molecule has 1 saturated carbocycles. The number of amides is 1. The Morgan fingerprint density at radius 2 is 1.89 bits per heavy atom. The second-order valence-corrected chi connectivity index (χ2v) is 10.7. The van der Waals surface area contributed by atoms with E-state index in [1.165, 1.54) is 42.1 Å². The van der Waals surface area contributed by atoms with Crippen molar-refractivity contribution in [2.45, 2.75) is 71.8 Å². The van der Waals surface area contributed by atoms with Gasteiger partial charge in [-0.1, -0.05) is 63.4 Å². The van der Waals surface area contributed by atoms with Crippen LogP contribution < -0.4 is 10.6 Å². The molecule has 6 nitrogen and oxygen atoms in total. The zero-order valence-electron chi connectivity index (χ0n) is 21.7. The Bertz CT molecular complexity index is 1150. The number of benzene rings is 1. The highest BCUT2D eigenvalue weighted by Crippen LogP contribution is 2.38. The van der Waals surface area contributed by atoms with Gasteiger partial charge in [-0.15, -0.1) is 0 Å². The molecular formula is C29H38FN5O. The molecule has 0 aliphatic heterocycles. The summed E-state index contributed by atoms with van der Waals surface area (Å²) in [5.74, 6) is 0.536. The van der Waals surface area contributed by atoms with Gasteiger partial charge in [0.25, 0.3) is 0 Å². The molecule has 2 aliphatic carbocycles. The van der Waals surface area contributed by atoms with Crippen molar-refractivity contribution in [1.82, 2.24) is 20.5 Å². The van der Waals surface area contributed by atoms with Crippen LogP contribution in [0.25, 0.3) is 11.3 Å². The molecule has 0 bridgehead atoms. The van der Waals surface area contributed by atoms with Crippen molar-refractivity contribution in [3.05, 3.63) is 65.2 Å². The smallest absolute Gasteiger partial charge is 0.223 e. The number of carbonyl (C=O) groups is 1. The average Bonchev–Trinajstić information content (AvgIpc) is 3.30. The lowest BCUT2D eigenvalue weighted by molar-refractivity contribution is -0.126. The number of fused-ring (bicyclic) bond motifs is 1. The molecule has 2 aliphatic rings. The summed E-state index contributed by atoms with van der Waals surface area (Å²) in [5.41, 5.74) is 5.51. The van der Waals surface area contributed by atoms with Gasteiger partial charge in [-0.05, 0) is 49.1 Å². The lowest BCUT2D eigenvalue weighted by atomic mass is 9.76. The Morgan fingerprint density at radius 3 is 2.61 bits per heavy atom. The van der Waals surface area contributed by atoms with Crippen LogP contribution in [-0.2, 0) is 24.2 Å². The van der Waals surface area contributed by atoms with Crippen molar-refractivity contribution in [2.75, 3.05) is 12.4 Å². The van der Waals surface area contributed by atoms with E-state index < -0.39 is 5.95 Å². The summed E-state index contributed by atoms with van der Waals surface area (Å²) >= 11 is 0. The number of pyridine rings is 1. The number of carbonyl (C=O) groups excluding carboxylic acids is 1. The SMILES string of the molecule is CNc1cc(-c2n[nH]c3c2CCC(C)(C)C3)cc(F)n1.O=C(NCc1ccccc1)C1CCCCC1. The molecule has 2 heterocycles. The van der Waals surface area contributed by atoms with Crippen LogP contribution in [0.5, 0.6) is 0 Å². The molecule has 0 spiro atoms. The summed E-state index contributed by atoms with van der Waals surface area (Å²) in [6.07, 6.45) is 8.95. The number of H-pyrrole nitrogens is 1. The van der Waals surface area contributed by atoms with Crippen molar-refractivity contribution in [2.24, 2.45) is 11.3 Å². The van der Waals surface area contributed by atoms with E-state index in [4.69, 9.17) is 0 Å². The summed E-state index contributed by atoms with van der Waals surface area (Å²) in [6.45, 7) is 5.19. The van der Waals surface area contributed by atoms with E-state index in [9.17, 15) is 9.18 Å². The van der Waals surface area contributed by atoms with Crippen molar-refractivity contribution >= 4 is 11.7 Å². The Balaban J connectivity index is 0.000000174. The van der Waals surface area contributed by atoms with Gasteiger partial charge in [0.1, 0.15) is 5.82 Å². The minimum atomic E-state index is -0.486. The van der Waals surface area contributed by atoms with Crippen molar-refractivity contribution in [3.63, 3.8) is 0 Å². The monoisotopic (exact) mass is 491 g/mol. The number of rotatable bonds is 5. The minimum absolute atomic E-state index is 0.239. The molecule has 2 aromatic heterocycles. The molecule has 5 rings (SSSR count). The number of hydrogen-bond donors (Lipinski definition) is 3. The standard InChI is InChI=1S/C15H19FN4.C14H19NO/c1-15(2)5-4-10-11(8-15)19-20-14(10)9-6-12(16)18-13(7-9)17-3;16-14(13-9-5-2-6-10-13)15-11-12-7-3-1-4-8-12/h6-7H,4-5,8H2,1-3H3,(H,17,18)(H,19,20);1,3-4,7-8,13H,2,5-6,9-11H2,(H,15,16). The van der Waals surface area contributed by atoms with Gasteiger partial charge in [0.2, 0.25) is 11.9 Å². The molecular weight excluding hydrogens is 453 g/mol. The molecule has 1 amide bonds. The lowest BCUT2D eigenvalue weighted by Gasteiger charge is -2.29. The molecule has 1 fully saturated rings. The highest BCUT2D eigenvalue weighted by atomic mass is 19.1. The number of nitrogens with zero attached hydrogens (tertiary/aromatic N) is 2. The third-order valence-corrected chi connectivity index (χ3v) is 7.27. The molecule has 3 N–H and O–H groups in total. The van der Waals surface area contributed by atoms with Crippen LogP contribution in [0.15, 0.2) is 42.5 Å². The molecule has 1 aromatic carbocycles. The maximum absolute atomic E-state index is 13.6. The van der Waals surface area contributed by atoms with Gasteiger partial charge in [0, 0.05) is 42.4 Å². The number of aromatic amines is 1. The van der Waals surface area contributed by atoms with Crippen LogP contribution in [0, 0.1) is 17.3 Å². The highest BCUT2D eigenvalue weighted by molar-refractivity contribution is 5.78. The second-order valence-electron chi connectivity index (χ2n) is 10.7. The van der Waals surface area contributed by atoms with Crippen molar-refractivity contribution < 1.29 is 9.18 Å². The average molecular weight is 492 g/mol. The van der Waals surface area contributed by atoms with E-state index >= 15 is 0 Å². The first-order valence-electron chi connectivity index (χ1n) is 13.1. The van der Waals surface area contributed by atoms with Gasteiger partial charge in [-0.2, -0.15) is 9.49 Å². The van der Waals surface area contributed by atoms with Gasteiger partial charge < -0.3 is 10.6 Å². The Hall–Kier alpha value is -3.22. The summed E-state index contributed by atoms with van der Waals surface area (Å²) in [7, 11) is 1.73. The van der Waals surface area contributed by atoms with Crippen LogP contribution in [0.4, 0.5) is 10.2 Å². The van der Waals surface area contributed by atoms with Gasteiger partial charge in [-0.25, -0.2) is 4.98 Å². The van der Waals surface area contributed by atoms with Gasteiger partial charge in [0.05, 0.1) is 5.69 Å². The quantitative estimate of drug-likeness (QED) is 0.380. The zero-order valence-corrected chi connectivity index (χ0v) is 21.7. The number of hydrogen-bond acceptors (Lipinski definition) is 4. The molecule has 3 aromatic rings. The number of aromatic nitrogens is 3. The Kier molecular flexibility index (Phi) is 8.39. The number of anilines is 1. The topological polar surface area (TPSA) is 82.7 Å².